The number of carbonyl (C=O) groups is 2. The van der Waals surface area contributed by atoms with E-state index in [9.17, 15) is 24.8 Å². The van der Waals surface area contributed by atoms with Crippen molar-refractivity contribution in [1.82, 2.24) is 0 Å². The monoisotopic (exact) mass is 422 g/mol. The summed E-state index contributed by atoms with van der Waals surface area (Å²) in [6.07, 6.45) is -0.806. The minimum atomic E-state index is -5.76. The van der Waals surface area contributed by atoms with Crippen molar-refractivity contribution in [2.45, 2.75) is 6.42 Å². The predicted octanol–water partition coefficient (Wildman–Crippen LogP) is -7.89. The Bertz CT molecular complexity index is 419. The first kappa shape index (κ1) is 32.5. The molecule has 11 nitrogen and oxygen atoms in total. The number of hydrogen-bond donors (Lipinski definition) is 4. The molecule has 106 valence electrons. The molecule has 16 heteroatoms. The number of aliphatic carboxylic acids is 2. The van der Waals surface area contributed by atoms with Crippen LogP contribution in [-0.4, -0.2) is 30.5 Å². The Hall–Kier alpha value is 1.62. The summed E-state index contributed by atoms with van der Waals surface area (Å²) in [5.41, 5.74) is 0. The summed E-state index contributed by atoms with van der Waals surface area (Å²) in [4.78, 5) is 18.9. The second kappa shape index (κ2) is 14.6. The van der Waals surface area contributed by atoms with Crippen LogP contribution in [0.4, 0.5) is 0 Å². The molecule has 0 heterocycles. The number of carboxylic acid groups (broad SMARTS) is 2. The molecule has 0 bridgehead atoms. The molecule has 0 amide bonds. The Labute approximate surface area is 169 Å². The van der Waals surface area contributed by atoms with Crippen molar-refractivity contribution in [2.24, 2.45) is 0 Å². The van der Waals surface area contributed by atoms with Gasteiger partial charge in [0.05, 0.1) is 0 Å². The average Bonchev–Trinajstić information content (AvgIpc) is 1.72. The zero-order chi connectivity index (χ0) is 13.6. The van der Waals surface area contributed by atoms with E-state index in [-0.39, 0.29) is 79.3 Å². The van der Waals surface area contributed by atoms with E-state index < -0.39 is 45.6 Å². The van der Waals surface area contributed by atoms with Gasteiger partial charge < -0.3 is 13.1 Å². The first-order chi connectivity index (χ1) is 6.83. The Morgan fingerprint density at radius 3 is 1.11 bits per heavy atom. The molecule has 0 unspecified atom stereocenters. The molecule has 0 aromatic rings. The Morgan fingerprint density at radius 2 is 1.11 bits per heavy atom. The van der Waals surface area contributed by atoms with Gasteiger partial charge in [0.25, 0.3) is 0 Å². The molecule has 19 heavy (non-hydrogen) atoms. The third kappa shape index (κ3) is 45.1. The predicted molar refractivity (Wildman–Crippen MR) is 30.4 cm³/mol. The van der Waals surface area contributed by atoms with Gasteiger partial charge in [0.2, 0.25) is 0 Å². The topological polar surface area (TPSA) is 193 Å². The van der Waals surface area contributed by atoms with Crippen molar-refractivity contribution in [2.75, 3.05) is 0 Å². The van der Waals surface area contributed by atoms with Crippen LogP contribution in [0, 0.1) is 0 Å². The summed E-state index contributed by atoms with van der Waals surface area (Å²) in [6, 6.07) is 0. The Balaban J connectivity index is -0.0000000307. The van der Waals surface area contributed by atoms with Gasteiger partial charge in [-0.3, -0.25) is 9.59 Å². The van der Waals surface area contributed by atoms with Crippen LogP contribution < -0.4 is 59.1 Å². The molecule has 0 spiro atoms. The maximum absolute atomic E-state index is 9.53. The Morgan fingerprint density at radius 1 is 0.895 bits per heavy atom. The van der Waals surface area contributed by atoms with Gasteiger partial charge in [-0.1, -0.05) is 0 Å². The van der Waals surface area contributed by atoms with E-state index in [4.69, 9.17) is 18.5 Å². The van der Waals surface area contributed by atoms with Crippen LogP contribution in [0.2, 0.25) is 0 Å². The second-order valence-electron chi connectivity index (χ2n) is 1.89. The Kier molecular flexibility index (Phi) is 24.9. The first-order valence-electron chi connectivity index (χ1n) is 2.93. The molecule has 0 aliphatic rings. The summed E-state index contributed by atoms with van der Waals surface area (Å²) in [5, 5.41) is 15.4. The number of hydrogen-bond acceptors (Lipinski definition) is 7. The van der Waals surface area contributed by atoms with Gasteiger partial charge in [0, 0.05) is 17.4 Å². The van der Waals surface area contributed by atoms with E-state index in [1.54, 1.807) is 0 Å². The van der Waals surface area contributed by atoms with E-state index in [2.05, 4.69) is 2.84 Å². The molecule has 0 rings (SSSR count). The minimum absolute atomic E-state index is 0. The fraction of sp³-hybridized carbons (Fsp3) is 0.333. The second-order valence-corrected chi connectivity index (χ2v) is 5.65. The molecule has 0 aliphatic heterocycles. The van der Waals surface area contributed by atoms with Crippen LogP contribution >= 0.6 is 0 Å². The van der Waals surface area contributed by atoms with Crippen molar-refractivity contribution < 1.29 is 153 Å². The summed E-state index contributed by atoms with van der Waals surface area (Å²) < 4.78 is 56.3. The average molecular weight is 422 g/mol. The van der Waals surface area contributed by atoms with Crippen LogP contribution in [0.15, 0.2) is 0 Å². The SMILES string of the molecule is O=C(O)CC(=O)O.[Cr].[H-].[H-].[Na+].[Na+].[O]=[Cr](=[O])([OH])[O][Cr](=[O])(=[O])[OH]. The summed E-state index contributed by atoms with van der Waals surface area (Å²) >= 11 is -11.5. The van der Waals surface area contributed by atoms with Crippen LogP contribution in [0.25, 0.3) is 0 Å². The third-order valence-electron chi connectivity index (χ3n) is 0.474. The van der Waals surface area contributed by atoms with E-state index >= 15 is 0 Å². The van der Waals surface area contributed by atoms with Gasteiger partial charge in [-0.2, -0.15) is 0 Å². The van der Waals surface area contributed by atoms with E-state index in [0.29, 0.717) is 0 Å². The number of rotatable bonds is 4. The van der Waals surface area contributed by atoms with Gasteiger partial charge in [-0.15, -0.1) is 0 Å². The molecule has 0 fully saturated rings. The van der Waals surface area contributed by atoms with E-state index in [0.717, 1.165) is 0 Å². The fourth-order valence-corrected chi connectivity index (χ4v) is 1.98. The molecule has 4 N–H and O–H groups in total. The van der Waals surface area contributed by atoms with E-state index in [1.165, 1.54) is 0 Å². The molecular formula is C3H8Cr3Na2O11. The molecule has 0 atom stereocenters. The van der Waals surface area contributed by atoms with Crippen LogP contribution in [0.1, 0.15) is 9.27 Å². The fourth-order valence-electron chi connectivity index (χ4n) is 0.238. The van der Waals surface area contributed by atoms with Crippen LogP contribution in [0.3, 0.4) is 0 Å². The van der Waals surface area contributed by atoms with Crippen molar-refractivity contribution in [3.05, 3.63) is 0 Å². The molecule has 0 radical (unpaired) electrons. The normalized spacial score (nSPS) is 9.37. The molecule has 0 aliphatic carbocycles. The summed E-state index contributed by atoms with van der Waals surface area (Å²) in [6.45, 7) is 0. The van der Waals surface area contributed by atoms with E-state index in [1.807, 2.05) is 0 Å². The van der Waals surface area contributed by atoms with Gasteiger partial charge in [-0.05, 0) is 0 Å². The zero-order valence-electron chi connectivity index (χ0n) is 11.6. The molecule has 0 saturated carbocycles. The van der Waals surface area contributed by atoms with Gasteiger partial charge in [-0.25, -0.2) is 0 Å². The molecular weight excluding hydrogens is 414 g/mol. The van der Waals surface area contributed by atoms with Crippen LogP contribution in [-0.2, 0) is 72.2 Å². The first-order valence-corrected chi connectivity index (χ1v) is 7.19. The van der Waals surface area contributed by atoms with Gasteiger partial charge in [0.15, 0.2) is 0 Å². The van der Waals surface area contributed by atoms with Crippen molar-refractivity contribution in [3.8, 4) is 0 Å². The quantitative estimate of drug-likeness (QED) is 0.248. The molecule has 0 aromatic heterocycles. The molecule has 0 aromatic carbocycles. The van der Waals surface area contributed by atoms with Crippen LogP contribution in [0.5, 0.6) is 0 Å². The summed E-state index contributed by atoms with van der Waals surface area (Å²) in [5.74, 6) is -2.62. The number of carboxylic acids is 2. The molecule has 0 saturated heterocycles. The van der Waals surface area contributed by atoms with Crippen molar-refractivity contribution in [1.29, 1.82) is 0 Å². The van der Waals surface area contributed by atoms with Crippen molar-refractivity contribution >= 4 is 11.9 Å². The summed E-state index contributed by atoms with van der Waals surface area (Å²) in [7, 11) is 0. The standard InChI is InChI=1S/C3H4O4.3Cr.2Na.2H2O.5O.2H/c4-2(5)1-3(6)7;;;;;;;;;;;;;;/h1H2,(H,4,5)(H,6,7);;;;;;2*1H2;;;;;;;/q;;4*+1;;;;;;;;2*-1/p-2. The maximum atomic E-state index is 9.53. The van der Waals surface area contributed by atoms with Crippen molar-refractivity contribution in [3.63, 3.8) is 0 Å². The zero-order valence-corrected chi connectivity index (χ0v) is 17.4. The van der Waals surface area contributed by atoms with Gasteiger partial charge in [0.1, 0.15) is 6.42 Å². The third-order valence-corrected chi connectivity index (χ3v) is 3.23. The van der Waals surface area contributed by atoms with Gasteiger partial charge >= 0.3 is 125 Å².